The lowest BCUT2D eigenvalue weighted by Crippen LogP contribution is -2.13. The third-order valence-electron chi connectivity index (χ3n) is 4.57. The molecule has 1 aromatic heterocycles. The molecule has 148 valence electrons. The zero-order valence-electron chi connectivity index (χ0n) is 16.0. The number of methoxy groups -OCH3 is 1. The summed E-state index contributed by atoms with van der Waals surface area (Å²) in [6.45, 7) is 1.47. The van der Waals surface area contributed by atoms with Crippen LogP contribution in [-0.4, -0.2) is 23.3 Å². The molecule has 29 heavy (non-hydrogen) atoms. The number of aromatic nitrogens is 2. The first kappa shape index (κ1) is 19.2. The first-order valence-electron chi connectivity index (χ1n) is 9.33. The summed E-state index contributed by atoms with van der Waals surface area (Å²) in [6, 6.07) is 23.0. The number of benzene rings is 3. The van der Waals surface area contributed by atoms with Gasteiger partial charge in [-0.05, 0) is 48.5 Å². The fraction of sp³-hybridized carbons (Fsp3) is 0.174. The van der Waals surface area contributed by atoms with Crippen molar-refractivity contribution in [2.45, 2.75) is 13.2 Å². The number of fused-ring (bicyclic) bond motifs is 1. The quantitative estimate of drug-likeness (QED) is 0.394. The van der Waals surface area contributed by atoms with Gasteiger partial charge in [-0.1, -0.05) is 35.9 Å². The molecule has 6 heteroatoms. The molecule has 0 spiro atoms. The van der Waals surface area contributed by atoms with Gasteiger partial charge < -0.3 is 18.8 Å². The normalized spacial score (nSPS) is 10.8. The Morgan fingerprint density at radius 3 is 2.38 bits per heavy atom. The monoisotopic (exact) mass is 408 g/mol. The molecule has 5 nitrogen and oxygen atoms in total. The molecule has 3 aromatic carbocycles. The summed E-state index contributed by atoms with van der Waals surface area (Å²) in [5.41, 5.74) is 1.97. The molecular weight excluding hydrogens is 388 g/mol. The average Bonchev–Trinajstić information content (AvgIpc) is 3.11. The van der Waals surface area contributed by atoms with Gasteiger partial charge in [0.25, 0.3) is 0 Å². The van der Waals surface area contributed by atoms with Gasteiger partial charge in [0.1, 0.15) is 36.3 Å². The lowest BCUT2D eigenvalue weighted by Gasteiger charge is -2.12. The van der Waals surface area contributed by atoms with Crippen LogP contribution >= 0.6 is 11.6 Å². The molecular formula is C23H21ClN2O3. The molecule has 0 aliphatic rings. The first-order valence-corrected chi connectivity index (χ1v) is 9.71. The van der Waals surface area contributed by atoms with Crippen molar-refractivity contribution < 1.29 is 14.2 Å². The Balaban J connectivity index is 1.49. The second kappa shape index (κ2) is 8.88. The molecule has 0 amide bonds. The van der Waals surface area contributed by atoms with Crippen LogP contribution in [0.1, 0.15) is 5.82 Å². The Morgan fingerprint density at radius 2 is 1.59 bits per heavy atom. The Bertz CT molecular complexity index is 1090. The van der Waals surface area contributed by atoms with Crippen molar-refractivity contribution in [3.8, 4) is 17.2 Å². The van der Waals surface area contributed by atoms with E-state index in [4.69, 9.17) is 30.8 Å². The predicted octanol–water partition coefficient (Wildman–Crippen LogP) is 5.36. The van der Waals surface area contributed by atoms with Crippen LogP contribution in [0.25, 0.3) is 11.0 Å². The van der Waals surface area contributed by atoms with Crippen LogP contribution in [0.4, 0.5) is 0 Å². The van der Waals surface area contributed by atoms with Gasteiger partial charge in [-0.3, -0.25) is 0 Å². The summed E-state index contributed by atoms with van der Waals surface area (Å²) in [6.07, 6.45) is 0. The molecule has 4 rings (SSSR count). The highest BCUT2D eigenvalue weighted by Crippen LogP contribution is 2.25. The van der Waals surface area contributed by atoms with Crippen molar-refractivity contribution in [3.63, 3.8) is 0 Å². The molecule has 0 saturated carbocycles. The van der Waals surface area contributed by atoms with Crippen LogP contribution in [-0.2, 0) is 13.2 Å². The number of halogens is 1. The summed E-state index contributed by atoms with van der Waals surface area (Å²) in [5.74, 6) is 3.06. The summed E-state index contributed by atoms with van der Waals surface area (Å²) in [4.78, 5) is 4.73. The second-order valence-electron chi connectivity index (χ2n) is 6.41. The molecule has 0 radical (unpaired) electrons. The zero-order valence-corrected chi connectivity index (χ0v) is 16.8. The Kier molecular flexibility index (Phi) is 5.86. The first-order chi connectivity index (χ1) is 14.2. The molecule has 0 fully saturated rings. The highest BCUT2D eigenvalue weighted by atomic mass is 35.5. The topological polar surface area (TPSA) is 45.5 Å². The Hall–Kier alpha value is -3.18. The van der Waals surface area contributed by atoms with E-state index in [2.05, 4.69) is 10.6 Å². The van der Waals surface area contributed by atoms with Gasteiger partial charge in [-0.2, -0.15) is 0 Å². The second-order valence-corrected chi connectivity index (χ2v) is 6.82. The maximum atomic E-state index is 6.20. The van der Waals surface area contributed by atoms with E-state index in [0.717, 1.165) is 28.4 Å². The smallest absolute Gasteiger partial charge is 0.148 e. The van der Waals surface area contributed by atoms with Crippen molar-refractivity contribution >= 4 is 22.6 Å². The lowest BCUT2D eigenvalue weighted by molar-refractivity contribution is 0.272. The summed E-state index contributed by atoms with van der Waals surface area (Å²) >= 11 is 6.20. The highest BCUT2D eigenvalue weighted by molar-refractivity contribution is 6.32. The van der Waals surface area contributed by atoms with Crippen LogP contribution in [0.3, 0.4) is 0 Å². The highest BCUT2D eigenvalue weighted by Gasteiger charge is 2.12. The standard InChI is InChI=1S/C23H21ClN2O3/c1-27-17-10-12-18(13-11-17)28-15-14-26-21-8-4-3-7-20(21)25-23(26)16-29-22-9-5-2-6-19(22)24/h2-13H,14-16H2,1H3. The van der Waals surface area contributed by atoms with Crippen molar-refractivity contribution in [2.75, 3.05) is 13.7 Å². The van der Waals surface area contributed by atoms with Gasteiger partial charge in [0.2, 0.25) is 0 Å². The van der Waals surface area contributed by atoms with Gasteiger partial charge in [-0.25, -0.2) is 4.98 Å². The molecule has 0 aliphatic carbocycles. The fourth-order valence-corrected chi connectivity index (χ4v) is 3.31. The van der Waals surface area contributed by atoms with Gasteiger partial charge in [0.05, 0.1) is 29.7 Å². The van der Waals surface area contributed by atoms with Crippen LogP contribution in [0.2, 0.25) is 5.02 Å². The lowest BCUT2D eigenvalue weighted by atomic mass is 10.3. The maximum Gasteiger partial charge on any atom is 0.148 e. The third kappa shape index (κ3) is 4.46. The molecule has 0 saturated heterocycles. The molecule has 4 aromatic rings. The number of hydrogen-bond donors (Lipinski definition) is 0. The van der Waals surface area contributed by atoms with Crippen molar-refractivity contribution in [1.82, 2.24) is 9.55 Å². The third-order valence-corrected chi connectivity index (χ3v) is 4.88. The Morgan fingerprint density at radius 1 is 0.862 bits per heavy atom. The van der Waals surface area contributed by atoms with E-state index in [-0.39, 0.29) is 0 Å². The number of hydrogen-bond acceptors (Lipinski definition) is 4. The van der Waals surface area contributed by atoms with Crippen LogP contribution in [0, 0.1) is 0 Å². The average molecular weight is 409 g/mol. The number of ether oxygens (including phenoxy) is 3. The Labute approximate surface area is 174 Å². The molecule has 0 bridgehead atoms. The van der Waals surface area contributed by atoms with E-state index in [1.807, 2.05) is 66.7 Å². The van der Waals surface area contributed by atoms with E-state index in [0.29, 0.717) is 30.5 Å². The van der Waals surface area contributed by atoms with E-state index >= 15 is 0 Å². The molecule has 0 atom stereocenters. The zero-order chi connectivity index (χ0) is 20.1. The van der Waals surface area contributed by atoms with E-state index in [1.165, 1.54) is 0 Å². The minimum atomic E-state index is 0.320. The molecule has 0 aliphatic heterocycles. The van der Waals surface area contributed by atoms with Gasteiger partial charge >= 0.3 is 0 Å². The van der Waals surface area contributed by atoms with E-state index in [9.17, 15) is 0 Å². The minimum Gasteiger partial charge on any atom is -0.497 e. The molecule has 0 unspecified atom stereocenters. The van der Waals surface area contributed by atoms with Crippen molar-refractivity contribution in [3.05, 3.63) is 83.6 Å². The number of nitrogens with zero attached hydrogens (tertiary/aromatic N) is 2. The van der Waals surface area contributed by atoms with Gasteiger partial charge in [-0.15, -0.1) is 0 Å². The van der Waals surface area contributed by atoms with Crippen LogP contribution < -0.4 is 14.2 Å². The number of para-hydroxylation sites is 3. The minimum absolute atomic E-state index is 0.320. The van der Waals surface area contributed by atoms with E-state index in [1.54, 1.807) is 7.11 Å². The molecule has 0 N–H and O–H groups in total. The van der Waals surface area contributed by atoms with Crippen LogP contribution in [0.5, 0.6) is 17.2 Å². The van der Waals surface area contributed by atoms with E-state index < -0.39 is 0 Å². The maximum absolute atomic E-state index is 6.20. The number of imidazole rings is 1. The SMILES string of the molecule is COc1ccc(OCCn2c(COc3ccccc3Cl)nc3ccccc32)cc1. The van der Waals surface area contributed by atoms with Gasteiger partial charge in [0.15, 0.2) is 0 Å². The van der Waals surface area contributed by atoms with Crippen molar-refractivity contribution in [2.24, 2.45) is 0 Å². The van der Waals surface area contributed by atoms with Crippen LogP contribution in [0.15, 0.2) is 72.8 Å². The summed E-state index contributed by atoms with van der Waals surface area (Å²) < 4.78 is 19.1. The largest absolute Gasteiger partial charge is 0.497 e. The summed E-state index contributed by atoms with van der Waals surface area (Å²) in [5, 5.41) is 0.581. The van der Waals surface area contributed by atoms with Gasteiger partial charge in [0, 0.05) is 0 Å². The predicted molar refractivity (Wildman–Crippen MR) is 114 cm³/mol. The fourth-order valence-electron chi connectivity index (χ4n) is 3.12. The van der Waals surface area contributed by atoms with Crippen molar-refractivity contribution in [1.29, 1.82) is 0 Å². The molecule has 1 heterocycles. The number of rotatable bonds is 8. The summed E-state index contributed by atoms with van der Waals surface area (Å²) in [7, 11) is 1.65.